The van der Waals surface area contributed by atoms with E-state index in [1.54, 1.807) is 0 Å². The Hall–Kier alpha value is -12.5. The molecular formula is C83H49N5. The Morgan fingerprint density at radius 3 is 1.27 bits per heavy atom. The number of rotatable bonds is 10. The minimum Gasteiger partial charge on any atom is -0.354 e. The molecule has 15 aromatic rings. The largest absolute Gasteiger partial charge is 0.354 e. The molecule has 0 spiro atoms. The van der Waals surface area contributed by atoms with Crippen molar-refractivity contribution in [2.45, 2.75) is 0 Å². The van der Waals surface area contributed by atoms with E-state index in [1.807, 2.05) is 84.9 Å². The minimum atomic E-state index is 0.505. The number of para-hydroxylation sites is 1. The molecule has 3 aromatic heterocycles. The van der Waals surface area contributed by atoms with Crippen molar-refractivity contribution in [1.29, 1.82) is 0 Å². The Morgan fingerprint density at radius 2 is 0.750 bits per heavy atom. The first-order valence-corrected chi connectivity index (χ1v) is 29.0. The van der Waals surface area contributed by atoms with Crippen molar-refractivity contribution in [2.75, 3.05) is 0 Å². The van der Waals surface area contributed by atoms with E-state index in [0.717, 1.165) is 133 Å². The van der Waals surface area contributed by atoms with Gasteiger partial charge in [0.1, 0.15) is 0 Å². The van der Waals surface area contributed by atoms with E-state index in [-0.39, 0.29) is 0 Å². The molecule has 0 atom stereocenters. The fourth-order valence-electron chi connectivity index (χ4n) is 12.5. The lowest BCUT2D eigenvalue weighted by atomic mass is 9.83. The van der Waals surface area contributed by atoms with Crippen molar-refractivity contribution in [3.63, 3.8) is 0 Å². The van der Waals surface area contributed by atoms with Gasteiger partial charge in [-0.05, 0) is 163 Å². The Labute approximate surface area is 510 Å². The van der Waals surface area contributed by atoms with Gasteiger partial charge in [0.15, 0.2) is 11.6 Å². The van der Waals surface area contributed by atoms with E-state index in [2.05, 4.69) is 215 Å². The molecule has 406 valence electrons. The first kappa shape index (κ1) is 52.3. The van der Waals surface area contributed by atoms with Crippen LogP contribution in [0.25, 0.3) is 150 Å². The maximum atomic E-state index is 6.20. The summed E-state index contributed by atoms with van der Waals surface area (Å²) in [4.78, 5) is 19.6. The third-order valence-corrected chi connectivity index (χ3v) is 16.7. The van der Waals surface area contributed by atoms with Crippen molar-refractivity contribution < 1.29 is 0 Å². The third kappa shape index (κ3) is 9.24. The molecule has 0 saturated carbocycles. The van der Waals surface area contributed by atoms with Crippen LogP contribution in [0.4, 0.5) is 0 Å². The van der Waals surface area contributed by atoms with Crippen molar-refractivity contribution in [1.82, 2.24) is 24.5 Å². The summed E-state index contributed by atoms with van der Waals surface area (Å²) in [7, 11) is 0. The molecular weight excluding hydrogens is 1070 g/mol. The van der Waals surface area contributed by atoms with E-state index in [4.69, 9.17) is 40.6 Å². The number of hydrogen-bond acceptors (Lipinski definition) is 3. The van der Waals surface area contributed by atoms with Crippen molar-refractivity contribution in [3.05, 3.63) is 289 Å². The van der Waals surface area contributed by atoms with Gasteiger partial charge in [-0.3, -0.25) is 4.57 Å². The monoisotopic (exact) mass is 1120 g/mol. The Balaban J connectivity index is 1.04. The van der Waals surface area contributed by atoms with Crippen LogP contribution in [-0.2, 0) is 0 Å². The molecule has 1 N–H and O–H groups in total. The average molecular weight is 1120 g/mol. The van der Waals surface area contributed by atoms with Crippen LogP contribution in [0.15, 0.2) is 267 Å². The molecule has 0 aliphatic heterocycles. The smallest absolute Gasteiger partial charge is 0.238 e. The van der Waals surface area contributed by atoms with E-state index in [1.165, 1.54) is 0 Å². The Kier molecular flexibility index (Phi) is 13.0. The van der Waals surface area contributed by atoms with Gasteiger partial charge >= 0.3 is 0 Å². The third-order valence-electron chi connectivity index (χ3n) is 16.7. The molecule has 0 aliphatic rings. The number of terminal acetylenes is 4. The molecule has 0 aliphatic carbocycles. The summed E-state index contributed by atoms with van der Waals surface area (Å²) in [6, 6.07) is 93.3. The summed E-state index contributed by atoms with van der Waals surface area (Å²) in [6.45, 7) is 0. The summed E-state index contributed by atoms with van der Waals surface area (Å²) in [5.74, 6) is 13.0. The van der Waals surface area contributed by atoms with Crippen LogP contribution in [-0.4, -0.2) is 24.5 Å². The van der Waals surface area contributed by atoms with E-state index >= 15 is 0 Å². The number of nitrogens with one attached hydrogen (secondary N) is 1. The SMILES string of the molecule is C#Cc1ccc(-c2cccc(-c3ccc(C#C)c(C#C)c3)c2-c2cc(-c3cc(-c4ccccc4)cc(-c4ccccc4)c3)cc(-c3ccc4c(c3)c3ccc5[nH]c6ccccc6c5c3n4-c3nc(-c4ccccc4)nc(-c4ccccc4)n3)c2)cc1C#C. The number of nitrogens with zero attached hydrogens (tertiary/aromatic N) is 4. The van der Waals surface area contributed by atoms with Crippen LogP contribution < -0.4 is 0 Å². The van der Waals surface area contributed by atoms with E-state index < -0.39 is 0 Å². The molecule has 15 rings (SSSR count). The number of fused-ring (bicyclic) bond motifs is 7. The highest BCUT2D eigenvalue weighted by Gasteiger charge is 2.24. The predicted octanol–water partition coefficient (Wildman–Crippen LogP) is 19.5. The molecule has 0 bridgehead atoms. The van der Waals surface area contributed by atoms with Crippen molar-refractivity contribution in [3.8, 4) is 156 Å². The van der Waals surface area contributed by atoms with E-state index in [9.17, 15) is 0 Å². The van der Waals surface area contributed by atoms with Crippen LogP contribution in [0.5, 0.6) is 0 Å². The zero-order chi connectivity index (χ0) is 59.2. The molecule has 88 heavy (non-hydrogen) atoms. The Bertz CT molecular complexity index is 5260. The summed E-state index contributed by atoms with van der Waals surface area (Å²) in [6.07, 6.45) is 24.5. The fraction of sp³-hybridized carbons (Fsp3) is 0. The summed E-state index contributed by atoms with van der Waals surface area (Å²) in [5, 5.41) is 4.24. The molecule has 5 nitrogen and oxygen atoms in total. The number of aromatic nitrogens is 5. The van der Waals surface area contributed by atoms with Crippen LogP contribution in [0.1, 0.15) is 22.3 Å². The second-order valence-corrected chi connectivity index (χ2v) is 21.8. The fourth-order valence-corrected chi connectivity index (χ4v) is 12.5. The quantitative estimate of drug-likeness (QED) is 0.139. The summed E-state index contributed by atoms with van der Waals surface area (Å²) < 4.78 is 2.23. The molecule has 0 saturated heterocycles. The molecule has 0 amide bonds. The van der Waals surface area contributed by atoms with Crippen molar-refractivity contribution >= 4 is 43.6 Å². The lowest BCUT2D eigenvalue weighted by Gasteiger charge is -2.20. The van der Waals surface area contributed by atoms with Crippen LogP contribution >= 0.6 is 0 Å². The number of benzene rings is 12. The van der Waals surface area contributed by atoms with Gasteiger partial charge in [-0.2, -0.15) is 9.97 Å². The lowest BCUT2D eigenvalue weighted by molar-refractivity contribution is 0.955. The first-order chi connectivity index (χ1) is 43.4. The zero-order valence-electron chi connectivity index (χ0n) is 47.5. The number of hydrogen-bond donors (Lipinski definition) is 1. The normalized spacial score (nSPS) is 11.1. The molecule has 3 heterocycles. The maximum absolute atomic E-state index is 6.20. The molecule has 0 radical (unpaired) electrons. The molecule has 0 fully saturated rings. The standard InChI is InChI=1S/C83H49N5/c1-5-53-36-38-62(44-55(53)7-3)70-33-23-34-71(63-39-37-54(6-2)56(8-4)45-63)78(70)69-50-66(49-68(51-69)67-47-64(57-24-13-9-14-25-57)46-65(48-67)58-26-15-10-16-27-58)61-40-43-77-74(52-61)72-41-42-76-79(73-32-21-22-35-75(73)84-76)80(72)88(77)83-86-81(59-28-17-11-18-29-59)85-82(87-83)60-30-19-12-20-31-60/h1-4,9-52,84H. The molecule has 5 heteroatoms. The Morgan fingerprint density at radius 1 is 0.295 bits per heavy atom. The van der Waals surface area contributed by atoms with Gasteiger partial charge in [0, 0.05) is 66.0 Å². The van der Waals surface area contributed by atoms with E-state index in [0.29, 0.717) is 39.9 Å². The lowest BCUT2D eigenvalue weighted by Crippen LogP contribution is -2.06. The highest BCUT2D eigenvalue weighted by molar-refractivity contribution is 6.25. The average Bonchev–Trinajstić information content (AvgIpc) is 1.62. The van der Waals surface area contributed by atoms with Crippen LogP contribution in [0.2, 0.25) is 0 Å². The van der Waals surface area contributed by atoms with Gasteiger partial charge in [0.05, 0.1) is 11.0 Å². The van der Waals surface area contributed by atoms with Crippen LogP contribution in [0, 0.1) is 49.4 Å². The highest BCUT2D eigenvalue weighted by atomic mass is 15.2. The second-order valence-electron chi connectivity index (χ2n) is 21.8. The van der Waals surface area contributed by atoms with Crippen molar-refractivity contribution in [2.24, 2.45) is 0 Å². The number of aromatic amines is 1. The first-order valence-electron chi connectivity index (χ1n) is 29.0. The van der Waals surface area contributed by atoms with Gasteiger partial charge in [-0.25, -0.2) is 4.98 Å². The van der Waals surface area contributed by atoms with Crippen LogP contribution in [0.3, 0.4) is 0 Å². The van der Waals surface area contributed by atoms with Gasteiger partial charge in [-0.1, -0.05) is 206 Å². The topological polar surface area (TPSA) is 59.4 Å². The van der Waals surface area contributed by atoms with Gasteiger partial charge in [-0.15, -0.1) is 25.7 Å². The van der Waals surface area contributed by atoms with Gasteiger partial charge < -0.3 is 4.98 Å². The van der Waals surface area contributed by atoms with Gasteiger partial charge in [0.25, 0.3) is 0 Å². The molecule has 0 unspecified atom stereocenters. The second kappa shape index (κ2) is 21.9. The molecule has 12 aromatic carbocycles. The zero-order valence-corrected chi connectivity index (χ0v) is 47.5. The maximum Gasteiger partial charge on any atom is 0.238 e. The summed E-state index contributed by atoms with van der Waals surface area (Å²) >= 11 is 0. The number of H-pyrrole nitrogens is 1. The predicted molar refractivity (Wildman–Crippen MR) is 364 cm³/mol. The minimum absolute atomic E-state index is 0.505. The summed E-state index contributed by atoms with van der Waals surface area (Å²) in [5.41, 5.74) is 22.4. The van der Waals surface area contributed by atoms with Gasteiger partial charge in [0.2, 0.25) is 5.95 Å². The highest BCUT2D eigenvalue weighted by Crippen LogP contribution is 2.47.